The number of hydrogen-bond acceptors (Lipinski definition) is 4. The number of nitrogens with zero attached hydrogens (tertiary/aromatic N) is 4. The minimum Gasteiger partial charge on any atom is -0.318 e. The third-order valence-corrected chi connectivity index (χ3v) is 3.87. The Morgan fingerprint density at radius 1 is 1.16 bits per heavy atom. The van der Waals surface area contributed by atoms with Crippen LogP contribution in [0.5, 0.6) is 0 Å². The van der Waals surface area contributed by atoms with Gasteiger partial charge in [-0.1, -0.05) is 23.5 Å². The first-order chi connectivity index (χ1) is 9.34. The van der Waals surface area contributed by atoms with Crippen LogP contribution in [0.2, 0.25) is 0 Å². The lowest BCUT2D eigenvalue weighted by atomic mass is 10.3. The number of hydrogen-bond donors (Lipinski definition) is 0. The van der Waals surface area contributed by atoms with Gasteiger partial charge in [-0.05, 0) is 29.8 Å². The van der Waals surface area contributed by atoms with Crippen LogP contribution in [0.4, 0.5) is 0 Å². The standard InChI is InChI=1S/C14H12N4S/c1-18-12-4-2-3-5-13(12)19-14(18)17-16-10-11-6-8-15-9-7-11/h2-10H,1H3/b16-10+,17-14-. The van der Waals surface area contributed by atoms with Crippen LogP contribution in [0.15, 0.2) is 59.0 Å². The van der Waals surface area contributed by atoms with E-state index in [2.05, 4.69) is 27.3 Å². The van der Waals surface area contributed by atoms with Crippen molar-refractivity contribution in [2.75, 3.05) is 0 Å². The summed E-state index contributed by atoms with van der Waals surface area (Å²) in [6.45, 7) is 0. The Morgan fingerprint density at radius 3 is 2.74 bits per heavy atom. The molecule has 0 aliphatic rings. The van der Waals surface area contributed by atoms with E-state index in [1.165, 1.54) is 10.2 Å². The molecule has 0 N–H and O–H groups in total. The van der Waals surface area contributed by atoms with Gasteiger partial charge in [0.15, 0.2) is 0 Å². The lowest BCUT2D eigenvalue weighted by Crippen LogP contribution is -2.08. The molecule has 0 fully saturated rings. The molecule has 0 aliphatic carbocycles. The molecule has 0 saturated carbocycles. The molecule has 0 aliphatic heterocycles. The minimum atomic E-state index is 0.881. The van der Waals surface area contributed by atoms with Gasteiger partial charge in [0.2, 0.25) is 4.80 Å². The smallest absolute Gasteiger partial charge is 0.211 e. The summed E-state index contributed by atoms with van der Waals surface area (Å²) in [6.07, 6.45) is 5.20. The fraction of sp³-hybridized carbons (Fsp3) is 0.0714. The van der Waals surface area contributed by atoms with Crippen molar-refractivity contribution >= 4 is 27.8 Å². The molecule has 1 aromatic carbocycles. The second kappa shape index (κ2) is 5.16. The fourth-order valence-electron chi connectivity index (χ4n) is 1.77. The Hall–Kier alpha value is -2.27. The highest BCUT2D eigenvalue weighted by Crippen LogP contribution is 2.14. The van der Waals surface area contributed by atoms with Gasteiger partial charge in [0.25, 0.3) is 0 Å². The number of pyridine rings is 1. The van der Waals surface area contributed by atoms with Crippen LogP contribution in [0.3, 0.4) is 0 Å². The maximum absolute atomic E-state index is 4.27. The summed E-state index contributed by atoms with van der Waals surface area (Å²) >= 11 is 1.63. The second-order valence-electron chi connectivity index (χ2n) is 4.04. The van der Waals surface area contributed by atoms with Crippen molar-refractivity contribution in [3.05, 3.63) is 59.2 Å². The second-order valence-corrected chi connectivity index (χ2v) is 5.05. The third-order valence-electron chi connectivity index (χ3n) is 2.77. The molecule has 94 valence electrons. The molecule has 5 heteroatoms. The van der Waals surface area contributed by atoms with Crippen LogP contribution in [-0.4, -0.2) is 15.8 Å². The largest absolute Gasteiger partial charge is 0.318 e. The van der Waals surface area contributed by atoms with Crippen LogP contribution < -0.4 is 4.80 Å². The number of para-hydroxylation sites is 1. The molecule has 0 saturated heterocycles. The Bertz CT molecular complexity index is 784. The predicted molar refractivity (Wildman–Crippen MR) is 78.2 cm³/mol. The summed E-state index contributed by atoms with van der Waals surface area (Å²) in [4.78, 5) is 4.84. The van der Waals surface area contributed by atoms with E-state index in [0.29, 0.717) is 0 Å². The summed E-state index contributed by atoms with van der Waals surface area (Å²) in [7, 11) is 2.00. The number of fused-ring (bicyclic) bond motifs is 1. The molecule has 4 nitrogen and oxygen atoms in total. The van der Waals surface area contributed by atoms with Gasteiger partial charge in [-0.15, -0.1) is 5.10 Å². The zero-order chi connectivity index (χ0) is 13.1. The Morgan fingerprint density at radius 2 is 1.95 bits per heavy atom. The molecule has 3 aromatic rings. The van der Waals surface area contributed by atoms with E-state index in [1.807, 2.05) is 35.9 Å². The molecule has 0 amide bonds. The van der Waals surface area contributed by atoms with Crippen LogP contribution >= 0.6 is 11.3 Å². The Kier molecular flexibility index (Phi) is 3.20. The third kappa shape index (κ3) is 2.46. The number of rotatable bonds is 2. The molecular formula is C14H12N4S. The molecule has 0 spiro atoms. The zero-order valence-corrected chi connectivity index (χ0v) is 11.2. The Labute approximate surface area is 114 Å². The van der Waals surface area contributed by atoms with Gasteiger partial charge in [-0.3, -0.25) is 4.98 Å². The molecule has 0 bridgehead atoms. The summed E-state index contributed by atoms with van der Waals surface area (Å²) in [5.41, 5.74) is 2.16. The van der Waals surface area contributed by atoms with Gasteiger partial charge >= 0.3 is 0 Å². The molecule has 3 rings (SSSR count). The normalized spacial score (nSPS) is 12.6. The van der Waals surface area contributed by atoms with Gasteiger partial charge in [0, 0.05) is 19.4 Å². The SMILES string of the molecule is Cn1/c(=N/N=C/c2ccncc2)sc2ccccc21. The van der Waals surface area contributed by atoms with Crippen LogP contribution in [0, 0.1) is 0 Å². The molecule has 0 atom stereocenters. The highest BCUT2D eigenvalue weighted by Gasteiger charge is 2.00. The summed E-state index contributed by atoms with van der Waals surface area (Å²) in [5.74, 6) is 0. The maximum Gasteiger partial charge on any atom is 0.211 e. The molecule has 0 radical (unpaired) electrons. The lowest BCUT2D eigenvalue weighted by Gasteiger charge is -1.92. The average Bonchev–Trinajstić information content (AvgIpc) is 2.78. The molecule has 0 unspecified atom stereocenters. The van der Waals surface area contributed by atoms with Gasteiger partial charge in [-0.25, -0.2) is 0 Å². The quantitative estimate of drug-likeness (QED) is 0.520. The Balaban J connectivity index is 1.98. The fourth-order valence-corrected chi connectivity index (χ4v) is 2.75. The van der Waals surface area contributed by atoms with Gasteiger partial charge in [0.1, 0.15) is 0 Å². The van der Waals surface area contributed by atoms with Gasteiger partial charge in [-0.2, -0.15) is 5.10 Å². The highest BCUT2D eigenvalue weighted by atomic mass is 32.1. The van der Waals surface area contributed by atoms with Crippen molar-refractivity contribution in [2.24, 2.45) is 17.3 Å². The highest BCUT2D eigenvalue weighted by molar-refractivity contribution is 7.16. The number of thiazole rings is 1. The lowest BCUT2D eigenvalue weighted by molar-refractivity contribution is 0.889. The van der Waals surface area contributed by atoms with E-state index in [1.54, 1.807) is 29.9 Å². The first-order valence-corrected chi connectivity index (χ1v) is 6.68. The van der Waals surface area contributed by atoms with Crippen LogP contribution in [0.1, 0.15) is 5.56 Å². The van der Waals surface area contributed by atoms with E-state index in [-0.39, 0.29) is 0 Å². The summed E-state index contributed by atoms with van der Waals surface area (Å²) in [5, 5.41) is 8.40. The van der Waals surface area contributed by atoms with Crippen molar-refractivity contribution in [3.63, 3.8) is 0 Å². The summed E-state index contributed by atoms with van der Waals surface area (Å²) in [6, 6.07) is 12.0. The number of aryl methyl sites for hydroxylation is 1. The van der Waals surface area contributed by atoms with Crippen molar-refractivity contribution in [2.45, 2.75) is 0 Å². The topological polar surface area (TPSA) is 42.5 Å². The maximum atomic E-state index is 4.27. The van der Waals surface area contributed by atoms with E-state index >= 15 is 0 Å². The van der Waals surface area contributed by atoms with E-state index in [9.17, 15) is 0 Å². The number of aromatic nitrogens is 2. The molecule has 19 heavy (non-hydrogen) atoms. The molecular weight excluding hydrogens is 256 g/mol. The van der Waals surface area contributed by atoms with Crippen LogP contribution in [-0.2, 0) is 7.05 Å². The first-order valence-electron chi connectivity index (χ1n) is 5.86. The van der Waals surface area contributed by atoms with Crippen molar-refractivity contribution in [1.29, 1.82) is 0 Å². The zero-order valence-electron chi connectivity index (χ0n) is 10.4. The molecule has 2 aromatic heterocycles. The monoisotopic (exact) mass is 268 g/mol. The van der Waals surface area contributed by atoms with Crippen molar-refractivity contribution < 1.29 is 0 Å². The van der Waals surface area contributed by atoms with E-state index in [0.717, 1.165) is 10.4 Å². The number of benzene rings is 1. The van der Waals surface area contributed by atoms with E-state index < -0.39 is 0 Å². The van der Waals surface area contributed by atoms with Crippen molar-refractivity contribution in [1.82, 2.24) is 9.55 Å². The van der Waals surface area contributed by atoms with Gasteiger partial charge in [0.05, 0.1) is 16.4 Å². The minimum absolute atomic E-state index is 0.881. The molecule has 2 heterocycles. The summed E-state index contributed by atoms with van der Waals surface area (Å²) < 4.78 is 3.26. The first kappa shape index (κ1) is 11.8. The van der Waals surface area contributed by atoms with Crippen molar-refractivity contribution in [3.8, 4) is 0 Å². The van der Waals surface area contributed by atoms with Crippen LogP contribution in [0.25, 0.3) is 10.2 Å². The van der Waals surface area contributed by atoms with Gasteiger partial charge < -0.3 is 4.57 Å². The van der Waals surface area contributed by atoms with E-state index in [4.69, 9.17) is 0 Å². The average molecular weight is 268 g/mol. The predicted octanol–water partition coefficient (Wildman–Crippen LogP) is 2.57.